The Labute approximate surface area is 256 Å². The van der Waals surface area contributed by atoms with E-state index in [1.54, 1.807) is 7.11 Å². The van der Waals surface area contributed by atoms with Crippen molar-refractivity contribution in [3.8, 4) is 6.07 Å². The van der Waals surface area contributed by atoms with Crippen LogP contribution in [0, 0.1) is 11.3 Å². The fourth-order valence-corrected chi connectivity index (χ4v) is 5.89. The molecule has 3 aliphatic carbocycles. The van der Waals surface area contributed by atoms with E-state index in [-0.39, 0.29) is 23.8 Å². The van der Waals surface area contributed by atoms with Crippen LogP contribution < -0.4 is 10.6 Å². The first-order chi connectivity index (χ1) is 21.3. The second-order valence-electron chi connectivity index (χ2n) is 13.1. The molecule has 2 aromatic heterocycles. The van der Waals surface area contributed by atoms with Gasteiger partial charge in [0.25, 0.3) is 5.91 Å². The van der Waals surface area contributed by atoms with Gasteiger partial charge in [-0.25, -0.2) is 4.98 Å². The lowest BCUT2D eigenvalue weighted by Crippen LogP contribution is -2.51. The zero-order chi connectivity index (χ0) is 30.5. The molecule has 11 heteroatoms. The lowest BCUT2D eigenvalue weighted by Gasteiger charge is -2.26. The summed E-state index contributed by atoms with van der Waals surface area (Å²) in [4.78, 5) is 34.2. The van der Waals surface area contributed by atoms with E-state index in [0.29, 0.717) is 35.5 Å². The van der Waals surface area contributed by atoms with Gasteiger partial charge in [0.2, 0.25) is 5.91 Å². The van der Waals surface area contributed by atoms with Gasteiger partial charge in [0.1, 0.15) is 22.8 Å². The highest BCUT2D eigenvalue weighted by molar-refractivity contribution is 5.97. The second-order valence-corrected chi connectivity index (χ2v) is 13.1. The third-order valence-electron chi connectivity index (χ3n) is 9.51. The van der Waals surface area contributed by atoms with Crippen LogP contribution in [0.3, 0.4) is 0 Å². The number of fused-ring (bicyclic) bond motifs is 1. The fraction of sp³-hybridized carbons (Fsp3) is 0.545. The Hall–Kier alpha value is -4.01. The number of nitrogens with one attached hydrogen (secondary N) is 2. The molecule has 0 saturated heterocycles. The maximum atomic E-state index is 13.7. The van der Waals surface area contributed by atoms with Crippen molar-refractivity contribution >= 4 is 28.5 Å². The first kappa shape index (κ1) is 28.7. The number of methoxy groups -OCH3 is 1. The number of rotatable bonds is 12. The normalized spacial score (nSPS) is 20.9. The highest BCUT2D eigenvalue weighted by atomic mass is 16.5. The predicted molar refractivity (Wildman–Crippen MR) is 163 cm³/mol. The van der Waals surface area contributed by atoms with E-state index >= 15 is 0 Å². The molecule has 0 bridgehead atoms. The van der Waals surface area contributed by atoms with E-state index in [1.807, 2.05) is 22.9 Å². The van der Waals surface area contributed by atoms with Gasteiger partial charge in [-0.3, -0.25) is 19.2 Å². The van der Waals surface area contributed by atoms with Gasteiger partial charge in [0.05, 0.1) is 30.8 Å². The molecule has 7 rings (SSSR count). The topological polar surface area (TPSA) is 138 Å². The number of ether oxygens (including phenoxy) is 1. The summed E-state index contributed by atoms with van der Waals surface area (Å²) >= 11 is 0. The first-order valence-corrected chi connectivity index (χ1v) is 15.7. The smallest absolute Gasteiger partial charge is 0.270 e. The number of carbonyl (C=O) groups is 2. The highest BCUT2D eigenvalue weighted by Gasteiger charge is 2.46. The molecule has 2 amide bonds. The summed E-state index contributed by atoms with van der Waals surface area (Å²) in [5.41, 5.74) is 4.24. The third kappa shape index (κ3) is 5.88. The minimum Gasteiger partial charge on any atom is -0.441 e. The summed E-state index contributed by atoms with van der Waals surface area (Å²) in [6, 6.07) is 9.32. The van der Waals surface area contributed by atoms with Crippen molar-refractivity contribution in [3.63, 3.8) is 0 Å². The van der Waals surface area contributed by atoms with Crippen molar-refractivity contribution in [3.05, 3.63) is 53.2 Å². The molecule has 0 spiro atoms. The van der Waals surface area contributed by atoms with Crippen LogP contribution in [0.25, 0.3) is 16.7 Å². The molecule has 1 aliphatic heterocycles. The summed E-state index contributed by atoms with van der Waals surface area (Å²) in [7, 11) is 1.72. The Morgan fingerprint density at radius 3 is 2.70 bits per heavy atom. The Morgan fingerprint density at radius 2 is 2.05 bits per heavy atom. The lowest BCUT2D eigenvalue weighted by molar-refractivity contribution is -0.123. The van der Waals surface area contributed by atoms with Gasteiger partial charge in [-0.1, -0.05) is 19.1 Å². The Kier molecular flexibility index (Phi) is 7.29. The van der Waals surface area contributed by atoms with Gasteiger partial charge in [0.15, 0.2) is 11.5 Å². The molecule has 1 atom stereocenters. The average Bonchev–Trinajstić information content (AvgIpc) is 4.00. The number of nitrogens with zero attached hydrogens (tertiary/aromatic N) is 5. The van der Waals surface area contributed by atoms with Gasteiger partial charge >= 0.3 is 0 Å². The van der Waals surface area contributed by atoms with E-state index in [9.17, 15) is 14.9 Å². The third-order valence-corrected chi connectivity index (χ3v) is 9.51. The number of benzene rings is 1. The molecule has 3 aromatic rings. The Balaban J connectivity index is 1.11. The van der Waals surface area contributed by atoms with Crippen LogP contribution in [0.5, 0.6) is 0 Å². The van der Waals surface area contributed by atoms with Crippen molar-refractivity contribution in [1.29, 1.82) is 5.26 Å². The van der Waals surface area contributed by atoms with E-state index in [4.69, 9.17) is 14.3 Å². The zero-order valence-corrected chi connectivity index (χ0v) is 25.4. The minimum atomic E-state index is -0.970. The fourth-order valence-electron chi connectivity index (χ4n) is 5.89. The van der Waals surface area contributed by atoms with Gasteiger partial charge in [-0.15, -0.1) is 0 Å². The second kappa shape index (κ2) is 11.2. The molecule has 2 N–H and O–H groups in total. The van der Waals surface area contributed by atoms with Crippen LogP contribution in [-0.4, -0.2) is 76.4 Å². The molecule has 3 fully saturated rings. The van der Waals surface area contributed by atoms with Gasteiger partial charge in [-0.05, 0) is 74.3 Å². The predicted octanol–water partition coefficient (Wildman–Crippen LogP) is 3.66. The van der Waals surface area contributed by atoms with Crippen LogP contribution in [0.4, 0.5) is 0 Å². The van der Waals surface area contributed by atoms with Crippen molar-refractivity contribution < 1.29 is 18.7 Å². The number of hydrogen-bond acceptors (Lipinski definition) is 8. The number of oxazole rings is 1. The van der Waals surface area contributed by atoms with Crippen molar-refractivity contribution in [2.75, 3.05) is 33.4 Å². The van der Waals surface area contributed by atoms with E-state index in [0.717, 1.165) is 69.6 Å². The zero-order valence-electron chi connectivity index (χ0n) is 25.4. The van der Waals surface area contributed by atoms with Crippen molar-refractivity contribution in [1.82, 2.24) is 30.3 Å². The molecule has 44 heavy (non-hydrogen) atoms. The van der Waals surface area contributed by atoms with Gasteiger partial charge < -0.3 is 19.8 Å². The molecule has 11 nitrogen and oxygen atoms in total. The molecular weight excluding hydrogens is 558 g/mol. The number of carbonyl (C=O) groups excluding carboxylic acids is 2. The van der Waals surface area contributed by atoms with E-state index < -0.39 is 17.5 Å². The van der Waals surface area contributed by atoms with E-state index in [1.165, 1.54) is 5.57 Å². The highest BCUT2D eigenvalue weighted by Crippen LogP contribution is 2.48. The molecule has 230 valence electrons. The molecule has 0 radical (unpaired) electrons. The van der Waals surface area contributed by atoms with Gasteiger partial charge in [-0.2, -0.15) is 10.4 Å². The van der Waals surface area contributed by atoms with Crippen molar-refractivity contribution in [2.24, 2.45) is 0 Å². The van der Waals surface area contributed by atoms with Crippen LogP contribution >= 0.6 is 0 Å². The standard InChI is InChI=1S/C33H39N7O4/c1-32(9-10-32)28-19-26(40(38-28)23-4-5-23)31(42)36-25(30(41)37-33(20-34)11-12-33)18-29-35-24-6-3-22(17-27(24)44-29)21-7-13-39(14-8-21)15-16-43-2/h3,6-7,17,19,23,25H,4-5,8-16,18H2,1-2H3,(H,36,42)(H,37,41). The number of amides is 2. The molecular formula is C33H39N7O4. The summed E-state index contributed by atoms with van der Waals surface area (Å²) in [6.45, 7) is 5.64. The monoisotopic (exact) mass is 597 g/mol. The van der Waals surface area contributed by atoms with Crippen molar-refractivity contribution in [2.45, 2.75) is 81.3 Å². The largest absolute Gasteiger partial charge is 0.441 e. The molecule has 1 aromatic carbocycles. The van der Waals surface area contributed by atoms with Gasteiger partial charge in [0, 0.05) is 32.2 Å². The van der Waals surface area contributed by atoms with Crippen LogP contribution in [0.15, 0.2) is 34.8 Å². The van der Waals surface area contributed by atoms with Crippen LogP contribution in [0.1, 0.15) is 85.5 Å². The quantitative estimate of drug-likeness (QED) is 0.323. The number of hydrogen-bond donors (Lipinski definition) is 2. The number of nitriles is 1. The summed E-state index contributed by atoms with van der Waals surface area (Å²) in [5, 5.41) is 20.2. The SMILES string of the molecule is COCCN1CC=C(c2ccc3nc(CC(NC(=O)c4cc(C5(C)CC5)nn4C4CC4)C(=O)NC4(C#N)CC4)oc3c2)CC1. The first-order valence-electron chi connectivity index (χ1n) is 15.7. The van der Waals surface area contributed by atoms with E-state index in [2.05, 4.69) is 45.7 Å². The summed E-state index contributed by atoms with van der Waals surface area (Å²) in [6.07, 6.45) is 8.52. The van der Waals surface area contributed by atoms with Crippen LogP contribution in [0.2, 0.25) is 0 Å². The molecule has 1 unspecified atom stereocenters. The van der Waals surface area contributed by atoms with Crippen LogP contribution in [-0.2, 0) is 21.4 Å². The molecule has 4 aliphatic rings. The maximum absolute atomic E-state index is 13.7. The summed E-state index contributed by atoms with van der Waals surface area (Å²) in [5.74, 6) is -0.425. The minimum absolute atomic E-state index is 0.0191. The summed E-state index contributed by atoms with van der Waals surface area (Å²) < 4.78 is 13.2. The molecule has 3 saturated carbocycles. The Morgan fingerprint density at radius 1 is 1.23 bits per heavy atom. The molecule has 3 heterocycles. The lowest BCUT2D eigenvalue weighted by atomic mass is 9.99. The maximum Gasteiger partial charge on any atom is 0.270 e. The number of aromatic nitrogens is 3. The Bertz CT molecular complexity index is 1670. The average molecular weight is 598 g/mol.